The van der Waals surface area contributed by atoms with Crippen molar-refractivity contribution in [3.8, 4) is 0 Å². The van der Waals surface area contributed by atoms with Crippen LogP contribution in [0.25, 0.3) is 0 Å². The summed E-state index contributed by atoms with van der Waals surface area (Å²) in [7, 11) is -3.16. The summed E-state index contributed by atoms with van der Waals surface area (Å²) in [5.74, 6) is 0.176. The molecule has 0 aliphatic rings. The predicted octanol–water partition coefficient (Wildman–Crippen LogP) is 1.86. The second-order valence-corrected chi connectivity index (χ2v) is 7.35. The maximum Gasteiger partial charge on any atom is 0.211 e. The molecule has 0 radical (unpaired) electrons. The molecule has 0 saturated carbocycles. The second-order valence-electron chi connectivity index (χ2n) is 4.68. The maximum absolute atomic E-state index is 11.7. The summed E-state index contributed by atoms with van der Waals surface area (Å²) in [6, 6.07) is 0.397. The summed E-state index contributed by atoms with van der Waals surface area (Å²) >= 11 is 1.60. The average molecular weight is 290 g/mol. The van der Waals surface area contributed by atoms with Gasteiger partial charge in [0.25, 0.3) is 0 Å². The Bertz CT molecular complexity index is 452. The van der Waals surface area contributed by atoms with Crippen molar-refractivity contribution in [1.82, 2.24) is 10.0 Å². The van der Waals surface area contributed by atoms with Gasteiger partial charge in [-0.05, 0) is 41.8 Å². The number of aryl methyl sites for hydroxylation is 1. The topological polar surface area (TPSA) is 58.2 Å². The van der Waals surface area contributed by atoms with E-state index in [2.05, 4.69) is 10.0 Å². The molecule has 2 N–H and O–H groups in total. The zero-order chi connectivity index (χ0) is 13.6. The van der Waals surface area contributed by atoms with E-state index in [1.807, 2.05) is 31.5 Å². The van der Waals surface area contributed by atoms with Gasteiger partial charge in [-0.25, -0.2) is 13.1 Å². The molecule has 0 saturated heterocycles. The molecule has 1 rings (SSSR count). The fourth-order valence-electron chi connectivity index (χ4n) is 1.48. The van der Waals surface area contributed by atoms with Gasteiger partial charge in [-0.3, -0.25) is 0 Å². The van der Waals surface area contributed by atoms with Gasteiger partial charge in [0.2, 0.25) is 10.0 Å². The van der Waals surface area contributed by atoms with Crippen molar-refractivity contribution in [3.05, 3.63) is 21.9 Å². The zero-order valence-electron chi connectivity index (χ0n) is 11.2. The molecule has 0 aliphatic carbocycles. The maximum atomic E-state index is 11.7. The first-order valence-corrected chi connectivity index (χ1v) is 8.72. The minimum Gasteiger partial charge on any atom is -0.314 e. The van der Waals surface area contributed by atoms with E-state index in [4.69, 9.17) is 0 Å². The van der Waals surface area contributed by atoms with Crippen molar-refractivity contribution in [2.45, 2.75) is 39.8 Å². The Kier molecular flexibility index (Phi) is 6.28. The molecular formula is C12H22N2O2S2. The predicted molar refractivity (Wildman–Crippen MR) is 77.4 cm³/mol. The molecule has 0 unspecified atom stereocenters. The number of sulfonamides is 1. The van der Waals surface area contributed by atoms with Crippen LogP contribution in [0.1, 0.15) is 31.4 Å². The lowest BCUT2D eigenvalue weighted by molar-refractivity contribution is 0.561. The van der Waals surface area contributed by atoms with E-state index in [0.29, 0.717) is 19.0 Å². The number of nitrogens with one attached hydrogen (secondary N) is 2. The average Bonchev–Trinajstić information content (AvgIpc) is 2.68. The normalized spacial score (nSPS) is 12.2. The Morgan fingerprint density at radius 2 is 2.06 bits per heavy atom. The summed E-state index contributed by atoms with van der Waals surface area (Å²) in [5.41, 5.74) is 2.20. The van der Waals surface area contributed by atoms with Crippen LogP contribution < -0.4 is 10.0 Å². The molecule has 0 spiro atoms. The Morgan fingerprint density at radius 1 is 1.33 bits per heavy atom. The third-order valence-corrected chi connectivity index (χ3v) is 4.91. The monoisotopic (exact) mass is 290 g/mol. The summed E-state index contributed by atoms with van der Waals surface area (Å²) in [5, 5.41) is 7.21. The molecule has 1 aromatic heterocycles. The largest absolute Gasteiger partial charge is 0.314 e. The third-order valence-electron chi connectivity index (χ3n) is 2.59. The van der Waals surface area contributed by atoms with Crippen LogP contribution in [0.5, 0.6) is 0 Å². The van der Waals surface area contributed by atoms with Crippen LogP contribution in [-0.2, 0) is 16.6 Å². The number of hydrogen-bond donors (Lipinski definition) is 2. The quantitative estimate of drug-likeness (QED) is 0.719. The third kappa shape index (κ3) is 5.95. The lowest BCUT2D eigenvalue weighted by Gasteiger charge is -2.09. The van der Waals surface area contributed by atoms with Gasteiger partial charge < -0.3 is 5.32 Å². The first-order valence-electron chi connectivity index (χ1n) is 6.13. The van der Waals surface area contributed by atoms with Gasteiger partial charge >= 0.3 is 0 Å². The van der Waals surface area contributed by atoms with Gasteiger partial charge in [-0.15, -0.1) is 0 Å². The van der Waals surface area contributed by atoms with E-state index < -0.39 is 10.0 Å². The van der Waals surface area contributed by atoms with E-state index in [1.165, 1.54) is 0 Å². The van der Waals surface area contributed by atoms with Gasteiger partial charge in [-0.2, -0.15) is 11.3 Å². The molecule has 0 bridgehead atoms. The van der Waals surface area contributed by atoms with E-state index in [1.54, 1.807) is 11.3 Å². The molecule has 104 valence electrons. The van der Waals surface area contributed by atoms with Crippen LogP contribution in [0, 0.1) is 6.92 Å². The molecule has 0 atom stereocenters. The van der Waals surface area contributed by atoms with Gasteiger partial charge in [0.1, 0.15) is 0 Å². The van der Waals surface area contributed by atoms with E-state index in [9.17, 15) is 8.42 Å². The standard InChI is InChI=1S/C12H22N2O2S2/c1-10(2)13-5-4-6-18(15,16)14-7-12-9-17-8-11(12)3/h8-10,13-14H,4-7H2,1-3H3. The molecule has 0 aromatic carbocycles. The van der Waals surface area contributed by atoms with E-state index in [-0.39, 0.29) is 5.75 Å². The minimum atomic E-state index is -3.16. The van der Waals surface area contributed by atoms with Gasteiger partial charge in [0.15, 0.2) is 0 Å². The first-order chi connectivity index (χ1) is 8.41. The highest BCUT2D eigenvalue weighted by Gasteiger charge is 2.10. The summed E-state index contributed by atoms with van der Waals surface area (Å²) in [4.78, 5) is 0. The lowest BCUT2D eigenvalue weighted by atomic mass is 10.2. The Balaban J connectivity index is 2.30. The number of rotatable bonds is 8. The number of thiophene rings is 1. The first kappa shape index (κ1) is 15.6. The Labute approximate surface area is 114 Å². The molecule has 6 heteroatoms. The summed E-state index contributed by atoms with van der Waals surface area (Å²) in [6.07, 6.45) is 0.635. The zero-order valence-corrected chi connectivity index (χ0v) is 12.8. The lowest BCUT2D eigenvalue weighted by Crippen LogP contribution is -2.29. The van der Waals surface area contributed by atoms with Gasteiger partial charge in [-0.1, -0.05) is 13.8 Å². The van der Waals surface area contributed by atoms with Crippen LogP contribution in [0.2, 0.25) is 0 Å². The van der Waals surface area contributed by atoms with Crippen LogP contribution in [0.4, 0.5) is 0 Å². The van der Waals surface area contributed by atoms with Gasteiger partial charge in [0, 0.05) is 12.6 Å². The molecule has 1 heterocycles. The van der Waals surface area contributed by atoms with Crippen molar-refractivity contribution in [1.29, 1.82) is 0 Å². The highest BCUT2D eigenvalue weighted by atomic mass is 32.2. The number of hydrogen-bond acceptors (Lipinski definition) is 4. The van der Waals surface area contributed by atoms with Crippen molar-refractivity contribution in [3.63, 3.8) is 0 Å². The van der Waals surface area contributed by atoms with Crippen LogP contribution in [0.15, 0.2) is 10.8 Å². The minimum absolute atomic E-state index is 0.176. The molecular weight excluding hydrogens is 268 g/mol. The molecule has 1 aromatic rings. The molecule has 0 fully saturated rings. The highest BCUT2D eigenvalue weighted by molar-refractivity contribution is 7.89. The molecule has 18 heavy (non-hydrogen) atoms. The van der Waals surface area contributed by atoms with Crippen LogP contribution >= 0.6 is 11.3 Å². The Morgan fingerprint density at radius 3 is 2.61 bits per heavy atom. The van der Waals surface area contributed by atoms with Crippen molar-refractivity contribution in [2.24, 2.45) is 0 Å². The van der Waals surface area contributed by atoms with Crippen LogP contribution in [0.3, 0.4) is 0 Å². The van der Waals surface area contributed by atoms with Crippen molar-refractivity contribution < 1.29 is 8.42 Å². The molecule has 0 amide bonds. The summed E-state index contributed by atoms with van der Waals surface area (Å²) < 4.78 is 26.1. The van der Waals surface area contributed by atoms with Crippen molar-refractivity contribution in [2.75, 3.05) is 12.3 Å². The summed E-state index contributed by atoms with van der Waals surface area (Å²) in [6.45, 7) is 7.22. The fourth-order valence-corrected chi connectivity index (χ4v) is 3.38. The fraction of sp³-hybridized carbons (Fsp3) is 0.667. The second kappa shape index (κ2) is 7.23. The molecule has 4 nitrogen and oxygen atoms in total. The molecule has 0 aliphatic heterocycles. The van der Waals surface area contributed by atoms with Gasteiger partial charge in [0.05, 0.1) is 5.75 Å². The van der Waals surface area contributed by atoms with E-state index in [0.717, 1.165) is 17.7 Å². The van der Waals surface area contributed by atoms with Crippen LogP contribution in [-0.4, -0.2) is 26.8 Å². The van der Waals surface area contributed by atoms with Crippen molar-refractivity contribution >= 4 is 21.4 Å². The van der Waals surface area contributed by atoms with E-state index >= 15 is 0 Å². The Hall–Kier alpha value is -0.430. The smallest absolute Gasteiger partial charge is 0.211 e. The highest BCUT2D eigenvalue weighted by Crippen LogP contribution is 2.13. The SMILES string of the molecule is Cc1cscc1CNS(=O)(=O)CCCNC(C)C.